The number of carbonyl (C=O) groups is 2. The van der Waals surface area contributed by atoms with Gasteiger partial charge in [0.25, 0.3) is 5.91 Å². The second-order valence-electron chi connectivity index (χ2n) is 6.82. The third-order valence-electron chi connectivity index (χ3n) is 4.59. The molecule has 0 saturated carbocycles. The van der Waals surface area contributed by atoms with Crippen LogP contribution in [-0.4, -0.2) is 33.4 Å². The molecule has 0 saturated heterocycles. The molecule has 0 radical (unpaired) electrons. The summed E-state index contributed by atoms with van der Waals surface area (Å²) in [5, 5.41) is 14.7. The molecular formula is C21H21Cl2N5O2. The Bertz CT molecular complexity index is 1060. The van der Waals surface area contributed by atoms with Crippen molar-refractivity contribution in [3.63, 3.8) is 0 Å². The number of hydrogen-bond acceptors (Lipinski definition) is 4. The molecular weight excluding hydrogens is 425 g/mol. The monoisotopic (exact) mass is 445 g/mol. The second kappa shape index (κ2) is 9.73. The molecule has 3 rings (SSSR count). The van der Waals surface area contributed by atoms with Crippen molar-refractivity contribution in [3.8, 4) is 0 Å². The minimum Gasteiger partial charge on any atom is -0.354 e. The molecule has 0 atom stereocenters. The maximum atomic E-state index is 12.6. The minimum atomic E-state index is -0.410. The van der Waals surface area contributed by atoms with Gasteiger partial charge in [-0.3, -0.25) is 9.59 Å². The Balaban J connectivity index is 1.56. The molecule has 9 heteroatoms. The number of nitrogens with one attached hydrogen (secondary N) is 2. The van der Waals surface area contributed by atoms with Crippen molar-refractivity contribution in [1.82, 2.24) is 20.3 Å². The fourth-order valence-electron chi connectivity index (χ4n) is 2.82. The Morgan fingerprint density at radius 3 is 2.47 bits per heavy atom. The number of halogens is 2. The van der Waals surface area contributed by atoms with Gasteiger partial charge in [0.05, 0.1) is 5.69 Å². The molecule has 1 heterocycles. The Morgan fingerprint density at radius 2 is 1.73 bits per heavy atom. The first-order valence-electron chi connectivity index (χ1n) is 9.32. The number of aryl methyl sites for hydroxylation is 1. The summed E-state index contributed by atoms with van der Waals surface area (Å²) < 4.78 is 1.40. The molecule has 1 aromatic heterocycles. The molecule has 2 N–H and O–H groups in total. The van der Waals surface area contributed by atoms with Crippen LogP contribution in [0, 0.1) is 13.8 Å². The van der Waals surface area contributed by atoms with E-state index >= 15 is 0 Å². The number of benzene rings is 2. The van der Waals surface area contributed by atoms with Gasteiger partial charge in [0.1, 0.15) is 6.54 Å². The van der Waals surface area contributed by atoms with Gasteiger partial charge in [0.2, 0.25) is 5.91 Å². The molecule has 3 aromatic rings. The summed E-state index contributed by atoms with van der Waals surface area (Å²) >= 11 is 11.9. The number of aromatic nitrogens is 3. The average Bonchev–Trinajstić information content (AvgIpc) is 3.06. The number of anilines is 1. The number of nitrogens with zero attached hydrogens (tertiary/aromatic N) is 3. The van der Waals surface area contributed by atoms with Gasteiger partial charge in [-0.25, -0.2) is 4.68 Å². The lowest BCUT2D eigenvalue weighted by atomic mass is 10.1. The van der Waals surface area contributed by atoms with Gasteiger partial charge >= 0.3 is 0 Å². The van der Waals surface area contributed by atoms with Crippen LogP contribution in [0.2, 0.25) is 10.0 Å². The third-order valence-corrected chi connectivity index (χ3v) is 5.08. The van der Waals surface area contributed by atoms with E-state index < -0.39 is 5.91 Å². The largest absolute Gasteiger partial charge is 0.354 e. The molecule has 0 fully saturated rings. The van der Waals surface area contributed by atoms with E-state index in [1.165, 1.54) is 4.68 Å². The Labute approximate surface area is 184 Å². The summed E-state index contributed by atoms with van der Waals surface area (Å²) in [6.45, 7) is 4.02. The van der Waals surface area contributed by atoms with Crippen LogP contribution in [0.1, 0.15) is 27.3 Å². The fourth-order valence-corrected chi connectivity index (χ4v) is 3.12. The molecule has 30 heavy (non-hydrogen) atoms. The Morgan fingerprint density at radius 1 is 1.03 bits per heavy atom. The van der Waals surface area contributed by atoms with Crippen LogP contribution >= 0.6 is 23.2 Å². The quantitative estimate of drug-likeness (QED) is 0.578. The highest BCUT2D eigenvalue weighted by molar-refractivity contribution is 6.31. The van der Waals surface area contributed by atoms with E-state index in [9.17, 15) is 9.59 Å². The van der Waals surface area contributed by atoms with Crippen molar-refractivity contribution >= 4 is 40.7 Å². The zero-order valence-electron chi connectivity index (χ0n) is 16.6. The van der Waals surface area contributed by atoms with Crippen LogP contribution in [0.5, 0.6) is 0 Å². The third kappa shape index (κ3) is 5.58. The molecule has 0 bridgehead atoms. The highest BCUT2D eigenvalue weighted by Gasteiger charge is 2.18. The van der Waals surface area contributed by atoms with Crippen LogP contribution in [0.3, 0.4) is 0 Å². The zero-order chi connectivity index (χ0) is 21.7. The fraction of sp³-hybridized carbons (Fsp3) is 0.238. The van der Waals surface area contributed by atoms with E-state index in [2.05, 4.69) is 20.9 Å². The van der Waals surface area contributed by atoms with E-state index in [1.807, 2.05) is 37.3 Å². The number of carbonyl (C=O) groups excluding carboxylic acids is 2. The predicted octanol–water partition coefficient (Wildman–Crippen LogP) is 3.81. The van der Waals surface area contributed by atoms with E-state index in [0.717, 1.165) is 11.1 Å². The number of amides is 2. The van der Waals surface area contributed by atoms with Crippen molar-refractivity contribution in [2.24, 2.45) is 0 Å². The lowest BCUT2D eigenvalue weighted by Crippen LogP contribution is -2.30. The highest BCUT2D eigenvalue weighted by Crippen LogP contribution is 2.21. The maximum absolute atomic E-state index is 12.6. The first kappa shape index (κ1) is 21.8. The molecule has 156 valence electrons. The summed E-state index contributed by atoms with van der Waals surface area (Å²) in [7, 11) is 0. The summed E-state index contributed by atoms with van der Waals surface area (Å²) in [5.41, 5.74) is 3.20. The van der Waals surface area contributed by atoms with Crippen molar-refractivity contribution in [2.45, 2.75) is 26.8 Å². The van der Waals surface area contributed by atoms with Gasteiger partial charge < -0.3 is 10.6 Å². The van der Waals surface area contributed by atoms with E-state index in [0.29, 0.717) is 34.4 Å². The Kier molecular flexibility index (Phi) is 7.07. The normalized spacial score (nSPS) is 10.7. The van der Waals surface area contributed by atoms with Gasteiger partial charge in [-0.2, -0.15) is 0 Å². The highest BCUT2D eigenvalue weighted by atomic mass is 35.5. The Hall–Kier alpha value is -2.90. The number of hydrogen-bond donors (Lipinski definition) is 2. The molecule has 0 aliphatic rings. The molecule has 7 nitrogen and oxygen atoms in total. The second-order valence-corrected chi connectivity index (χ2v) is 7.69. The summed E-state index contributed by atoms with van der Waals surface area (Å²) in [5.74, 6) is -0.623. The van der Waals surface area contributed by atoms with Crippen molar-refractivity contribution in [3.05, 3.63) is 75.0 Å². The van der Waals surface area contributed by atoms with E-state index in [4.69, 9.17) is 23.2 Å². The zero-order valence-corrected chi connectivity index (χ0v) is 18.1. The summed E-state index contributed by atoms with van der Waals surface area (Å²) in [4.78, 5) is 24.8. The summed E-state index contributed by atoms with van der Waals surface area (Å²) in [6, 6.07) is 12.7. The molecule has 0 aliphatic heterocycles. The van der Waals surface area contributed by atoms with Gasteiger partial charge in [0, 0.05) is 22.3 Å². The van der Waals surface area contributed by atoms with Gasteiger partial charge in [-0.1, -0.05) is 46.6 Å². The lowest BCUT2D eigenvalue weighted by molar-refractivity contribution is -0.121. The van der Waals surface area contributed by atoms with Gasteiger partial charge in [0.15, 0.2) is 5.69 Å². The van der Waals surface area contributed by atoms with Crippen LogP contribution in [0.4, 0.5) is 5.69 Å². The first-order chi connectivity index (χ1) is 14.3. The maximum Gasteiger partial charge on any atom is 0.278 e. The molecule has 0 spiro atoms. The first-order valence-corrected chi connectivity index (χ1v) is 10.1. The minimum absolute atomic E-state index is 0.0249. The molecule has 2 aromatic carbocycles. The van der Waals surface area contributed by atoms with Crippen LogP contribution in [-0.2, 0) is 17.8 Å². The molecule has 2 amide bonds. The van der Waals surface area contributed by atoms with E-state index in [1.54, 1.807) is 19.1 Å². The predicted molar refractivity (Wildman–Crippen MR) is 117 cm³/mol. The summed E-state index contributed by atoms with van der Waals surface area (Å²) in [6.07, 6.45) is 0.686. The van der Waals surface area contributed by atoms with Gasteiger partial charge in [-0.05, 0) is 55.7 Å². The van der Waals surface area contributed by atoms with E-state index in [-0.39, 0.29) is 18.1 Å². The van der Waals surface area contributed by atoms with Crippen molar-refractivity contribution < 1.29 is 9.59 Å². The SMILES string of the molecule is Cc1ccc(Cl)cc1NC(=O)c1nnn(CC(=O)NCCc2ccc(Cl)cc2)c1C. The number of rotatable bonds is 7. The molecule has 0 aliphatic carbocycles. The van der Waals surface area contributed by atoms with Crippen molar-refractivity contribution in [1.29, 1.82) is 0 Å². The lowest BCUT2D eigenvalue weighted by Gasteiger charge is -2.08. The van der Waals surface area contributed by atoms with Crippen LogP contribution in [0.25, 0.3) is 0 Å². The van der Waals surface area contributed by atoms with Crippen LogP contribution < -0.4 is 10.6 Å². The van der Waals surface area contributed by atoms with Crippen LogP contribution in [0.15, 0.2) is 42.5 Å². The van der Waals surface area contributed by atoms with Crippen molar-refractivity contribution in [2.75, 3.05) is 11.9 Å². The average molecular weight is 446 g/mol. The van der Waals surface area contributed by atoms with Gasteiger partial charge in [-0.15, -0.1) is 5.10 Å². The molecule has 0 unspecified atom stereocenters. The smallest absolute Gasteiger partial charge is 0.278 e. The topological polar surface area (TPSA) is 88.9 Å². The standard InChI is InChI=1S/C21H21Cl2N5O2/c1-13-3-6-17(23)11-18(13)25-21(30)20-14(2)28(27-26-20)12-19(29)24-10-9-15-4-7-16(22)8-5-15/h3-8,11H,9-10,12H2,1-2H3,(H,24,29)(H,25,30).